The first-order valence-electron chi connectivity index (χ1n) is 11.0. The Labute approximate surface area is 190 Å². The Kier molecular flexibility index (Phi) is 5.61. The van der Waals surface area contributed by atoms with E-state index in [0.29, 0.717) is 24.3 Å². The Morgan fingerprint density at radius 2 is 1.72 bits per heavy atom. The van der Waals surface area contributed by atoms with Gasteiger partial charge < -0.3 is 9.47 Å². The molecule has 0 aromatic heterocycles. The normalized spacial score (nSPS) is 20.3. The van der Waals surface area contributed by atoms with Gasteiger partial charge in [-0.15, -0.1) is 0 Å². The number of nitrogens with zero attached hydrogens (tertiary/aromatic N) is 1. The fraction of sp³-hybridized carbons (Fsp3) is 0.407. The lowest BCUT2D eigenvalue weighted by atomic mass is 9.69. The lowest BCUT2D eigenvalue weighted by Gasteiger charge is -2.43. The van der Waals surface area contributed by atoms with Crippen LogP contribution in [0.25, 0.3) is 0 Å². The molecule has 2 aliphatic rings. The summed E-state index contributed by atoms with van der Waals surface area (Å²) in [5, 5.41) is 0. The SMILES string of the molecule is COc1cccc(C2CC(=O)N(c3ccc(C)c(C)c3)C3=C2C(=O)CC(C)(C)C3)c1OC. The van der Waals surface area contributed by atoms with Gasteiger partial charge in [-0.05, 0) is 55.0 Å². The molecule has 0 radical (unpaired) electrons. The summed E-state index contributed by atoms with van der Waals surface area (Å²) in [6.07, 6.45) is 1.33. The third-order valence-electron chi connectivity index (χ3n) is 6.70. The van der Waals surface area contributed by atoms with E-state index < -0.39 is 0 Å². The van der Waals surface area contributed by atoms with E-state index in [-0.39, 0.29) is 29.4 Å². The highest BCUT2D eigenvalue weighted by atomic mass is 16.5. The Hall–Kier alpha value is -3.08. The molecule has 168 valence electrons. The van der Waals surface area contributed by atoms with Gasteiger partial charge in [-0.1, -0.05) is 32.0 Å². The van der Waals surface area contributed by atoms with E-state index in [4.69, 9.17) is 9.47 Å². The first kappa shape index (κ1) is 22.1. The number of carbonyl (C=O) groups excluding carboxylic acids is 2. The van der Waals surface area contributed by atoms with Crippen LogP contribution >= 0.6 is 0 Å². The Bertz CT molecular complexity index is 1130. The van der Waals surface area contributed by atoms with Crippen LogP contribution in [0.2, 0.25) is 0 Å². The van der Waals surface area contributed by atoms with Crippen LogP contribution in [0, 0.1) is 19.3 Å². The van der Waals surface area contributed by atoms with E-state index in [9.17, 15) is 9.59 Å². The van der Waals surface area contributed by atoms with Gasteiger partial charge in [0.25, 0.3) is 0 Å². The van der Waals surface area contributed by atoms with Crippen molar-refractivity contribution in [2.75, 3.05) is 19.1 Å². The number of rotatable bonds is 4. The van der Waals surface area contributed by atoms with Gasteiger partial charge in [-0.25, -0.2) is 0 Å². The molecule has 2 aromatic carbocycles. The van der Waals surface area contributed by atoms with Gasteiger partial charge >= 0.3 is 0 Å². The molecule has 0 saturated carbocycles. The van der Waals surface area contributed by atoms with E-state index in [0.717, 1.165) is 28.1 Å². The summed E-state index contributed by atoms with van der Waals surface area (Å²) < 4.78 is 11.2. The maximum atomic E-state index is 13.6. The molecule has 1 unspecified atom stereocenters. The number of Topliss-reactive ketones (excluding diaryl/α,β-unsaturated/α-hetero) is 1. The minimum absolute atomic E-state index is 0.00706. The van der Waals surface area contributed by atoms with Crippen LogP contribution in [-0.2, 0) is 9.59 Å². The fourth-order valence-electron chi connectivity index (χ4n) is 5.03. The molecule has 1 amide bonds. The molecule has 4 rings (SSSR count). The largest absolute Gasteiger partial charge is 0.493 e. The zero-order valence-electron chi connectivity index (χ0n) is 19.7. The maximum absolute atomic E-state index is 13.6. The van der Waals surface area contributed by atoms with Crippen molar-refractivity contribution in [3.05, 3.63) is 64.4 Å². The first-order valence-corrected chi connectivity index (χ1v) is 11.0. The van der Waals surface area contributed by atoms with Crippen LogP contribution in [0.5, 0.6) is 11.5 Å². The van der Waals surface area contributed by atoms with Crippen LogP contribution in [-0.4, -0.2) is 25.9 Å². The highest BCUT2D eigenvalue weighted by Gasteiger charge is 2.45. The van der Waals surface area contributed by atoms with Crippen molar-refractivity contribution in [2.24, 2.45) is 5.41 Å². The molecule has 1 heterocycles. The van der Waals surface area contributed by atoms with Crippen molar-refractivity contribution in [2.45, 2.75) is 52.9 Å². The summed E-state index contributed by atoms with van der Waals surface area (Å²) in [6, 6.07) is 11.7. The Morgan fingerprint density at radius 3 is 2.38 bits per heavy atom. The van der Waals surface area contributed by atoms with E-state index in [1.807, 2.05) is 43.3 Å². The number of para-hydroxylation sites is 1. The monoisotopic (exact) mass is 433 g/mol. The van der Waals surface area contributed by atoms with Crippen LogP contribution in [0.15, 0.2) is 47.7 Å². The van der Waals surface area contributed by atoms with Gasteiger partial charge in [0.1, 0.15) is 0 Å². The Balaban J connectivity index is 1.94. The predicted molar refractivity (Wildman–Crippen MR) is 125 cm³/mol. The molecule has 5 heteroatoms. The van der Waals surface area contributed by atoms with Crippen molar-refractivity contribution < 1.29 is 19.1 Å². The summed E-state index contributed by atoms with van der Waals surface area (Å²) >= 11 is 0. The molecule has 1 atom stereocenters. The van der Waals surface area contributed by atoms with Gasteiger partial charge in [0.2, 0.25) is 5.91 Å². The molecule has 1 aliphatic heterocycles. The molecular formula is C27H31NO4. The van der Waals surface area contributed by atoms with E-state index in [1.54, 1.807) is 19.1 Å². The zero-order valence-corrected chi connectivity index (χ0v) is 19.7. The van der Waals surface area contributed by atoms with Crippen molar-refractivity contribution in [3.8, 4) is 11.5 Å². The molecular weight excluding hydrogens is 402 g/mol. The van der Waals surface area contributed by atoms with Crippen molar-refractivity contribution in [1.29, 1.82) is 0 Å². The van der Waals surface area contributed by atoms with E-state index in [2.05, 4.69) is 20.8 Å². The minimum atomic E-state index is -0.353. The minimum Gasteiger partial charge on any atom is -0.493 e. The molecule has 0 spiro atoms. The standard InChI is InChI=1S/C27H31NO4/c1-16-10-11-18(12-17(16)2)28-21-14-27(3,4)15-22(29)25(21)20(13-24(28)30)19-8-7-9-23(31-5)26(19)32-6/h7-12,20H,13-15H2,1-6H3. The number of methoxy groups -OCH3 is 2. The zero-order chi connectivity index (χ0) is 23.2. The first-order chi connectivity index (χ1) is 15.2. The molecule has 0 N–H and O–H groups in total. The van der Waals surface area contributed by atoms with Crippen LogP contribution in [0.1, 0.15) is 55.7 Å². The average molecular weight is 434 g/mol. The van der Waals surface area contributed by atoms with Crippen molar-refractivity contribution in [1.82, 2.24) is 0 Å². The van der Waals surface area contributed by atoms with Crippen LogP contribution in [0.4, 0.5) is 5.69 Å². The number of benzene rings is 2. The van der Waals surface area contributed by atoms with Crippen molar-refractivity contribution >= 4 is 17.4 Å². The lowest BCUT2D eigenvalue weighted by molar-refractivity contribution is -0.121. The van der Waals surface area contributed by atoms with Crippen molar-refractivity contribution in [3.63, 3.8) is 0 Å². The molecule has 5 nitrogen and oxygen atoms in total. The van der Waals surface area contributed by atoms with E-state index in [1.165, 1.54) is 5.56 Å². The number of ketones is 1. The molecule has 0 saturated heterocycles. The van der Waals surface area contributed by atoms with E-state index >= 15 is 0 Å². The fourth-order valence-corrected chi connectivity index (χ4v) is 5.03. The number of allylic oxidation sites excluding steroid dienone is 2. The van der Waals surface area contributed by atoms with Gasteiger partial charge in [0.15, 0.2) is 17.3 Å². The third kappa shape index (κ3) is 3.70. The van der Waals surface area contributed by atoms with Gasteiger partial charge in [-0.2, -0.15) is 0 Å². The van der Waals surface area contributed by atoms with Gasteiger partial charge in [-0.3, -0.25) is 14.5 Å². The maximum Gasteiger partial charge on any atom is 0.232 e. The number of anilines is 1. The highest BCUT2D eigenvalue weighted by Crippen LogP contribution is 2.50. The second-order valence-electron chi connectivity index (χ2n) is 9.64. The molecule has 1 aliphatic carbocycles. The summed E-state index contributed by atoms with van der Waals surface area (Å²) in [5.74, 6) is 0.922. The Morgan fingerprint density at radius 1 is 0.969 bits per heavy atom. The molecule has 0 bridgehead atoms. The van der Waals surface area contributed by atoms with Crippen LogP contribution in [0.3, 0.4) is 0 Å². The van der Waals surface area contributed by atoms with Gasteiger partial charge in [0, 0.05) is 41.3 Å². The summed E-state index contributed by atoms with van der Waals surface area (Å²) in [4.78, 5) is 28.9. The smallest absolute Gasteiger partial charge is 0.232 e. The quantitative estimate of drug-likeness (QED) is 0.640. The molecule has 0 fully saturated rings. The van der Waals surface area contributed by atoms with Crippen LogP contribution < -0.4 is 14.4 Å². The highest BCUT2D eigenvalue weighted by molar-refractivity contribution is 6.08. The van der Waals surface area contributed by atoms with Gasteiger partial charge in [0.05, 0.1) is 14.2 Å². The molecule has 2 aromatic rings. The third-order valence-corrected chi connectivity index (χ3v) is 6.70. The lowest BCUT2D eigenvalue weighted by Crippen LogP contribution is -2.43. The number of carbonyl (C=O) groups is 2. The second kappa shape index (κ2) is 8.12. The predicted octanol–water partition coefficient (Wildman–Crippen LogP) is 5.48. The molecule has 32 heavy (non-hydrogen) atoms. The number of aryl methyl sites for hydroxylation is 2. The number of ether oxygens (including phenoxy) is 2. The average Bonchev–Trinajstić information content (AvgIpc) is 2.73. The summed E-state index contributed by atoms with van der Waals surface area (Å²) in [6.45, 7) is 8.28. The summed E-state index contributed by atoms with van der Waals surface area (Å²) in [7, 11) is 3.18. The second-order valence-corrected chi connectivity index (χ2v) is 9.64. The number of amides is 1. The number of hydrogen-bond donors (Lipinski definition) is 0. The number of hydrogen-bond acceptors (Lipinski definition) is 4. The topological polar surface area (TPSA) is 55.8 Å². The summed E-state index contributed by atoms with van der Waals surface area (Å²) in [5.41, 5.74) is 5.28.